The van der Waals surface area contributed by atoms with E-state index in [1.165, 1.54) is 25.0 Å². The third-order valence-corrected chi connectivity index (χ3v) is 4.70. The first-order chi connectivity index (χ1) is 10.6. The fourth-order valence-electron chi connectivity index (χ4n) is 3.78. The van der Waals surface area contributed by atoms with Crippen molar-refractivity contribution in [2.75, 3.05) is 6.54 Å². The first kappa shape index (κ1) is 18.1. The van der Waals surface area contributed by atoms with Gasteiger partial charge in [-0.05, 0) is 55.7 Å². The Balaban J connectivity index is 0.00000192. The minimum atomic E-state index is -0.577. The van der Waals surface area contributed by atoms with E-state index in [0.29, 0.717) is 43.0 Å². The van der Waals surface area contributed by atoms with Gasteiger partial charge in [-0.3, -0.25) is 4.79 Å². The summed E-state index contributed by atoms with van der Waals surface area (Å²) in [5.41, 5.74) is 0.567. The molecule has 3 rings (SSSR count). The lowest BCUT2D eigenvalue weighted by atomic mass is 9.89. The number of benzene rings is 1. The lowest BCUT2D eigenvalue weighted by Crippen LogP contribution is -2.39. The van der Waals surface area contributed by atoms with Crippen LogP contribution < -0.4 is 10.6 Å². The zero-order chi connectivity index (χ0) is 15.5. The van der Waals surface area contributed by atoms with Gasteiger partial charge in [-0.15, -0.1) is 12.4 Å². The van der Waals surface area contributed by atoms with Crippen LogP contribution in [-0.2, 0) is 11.2 Å². The summed E-state index contributed by atoms with van der Waals surface area (Å²) < 4.78 is 26.1. The number of amides is 1. The molecule has 2 atom stereocenters. The molecule has 6 heteroatoms. The molecule has 0 aliphatic carbocycles. The number of carbonyl (C=O) groups excluding carboxylic acids is 1. The Bertz CT molecular complexity index is 523. The van der Waals surface area contributed by atoms with Crippen LogP contribution >= 0.6 is 12.4 Å². The maximum Gasteiger partial charge on any atom is 0.220 e. The Morgan fingerprint density at radius 2 is 1.74 bits per heavy atom. The minimum absolute atomic E-state index is 0. The van der Waals surface area contributed by atoms with Gasteiger partial charge in [0.25, 0.3) is 0 Å². The SMILES string of the molecule is Cl.O=C(CC1CC2CCC(C1)N2)NCCc1cc(F)cc(F)c1. The van der Waals surface area contributed by atoms with E-state index in [1.807, 2.05) is 0 Å². The van der Waals surface area contributed by atoms with E-state index in [-0.39, 0.29) is 18.3 Å². The lowest BCUT2D eigenvalue weighted by molar-refractivity contribution is -0.122. The predicted octanol–water partition coefficient (Wildman–Crippen LogP) is 2.97. The molecule has 0 saturated carbocycles. The van der Waals surface area contributed by atoms with E-state index in [4.69, 9.17) is 0 Å². The van der Waals surface area contributed by atoms with E-state index in [2.05, 4.69) is 10.6 Å². The number of hydrogen-bond acceptors (Lipinski definition) is 2. The zero-order valence-corrected chi connectivity index (χ0v) is 13.8. The molecule has 2 saturated heterocycles. The van der Waals surface area contributed by atoms with Crippen LogP contribution in [-0.4, -0.2) is 24.5 Å². The highest BCUT2D eigenvalue weighted by Crippen LogP contribution is 2.32. The van der Waals surface area contributed by atoms with Crippen molar-refractivity contribution < 1.29 is 13.6 Å². The van der Waals surface area contributed by atoms with Crippen molar-refractivity contribution >= 4 is 18.3 Å². The number of nitrogens with one attached hydrogen (secondary N) is 2. The van der Waals surface area contributed by atoms with E-state index >= 15 is 0 Å². The number of piperidine rings is 1. The molecule has 1 aromatic carbocycles. The van der Waals surface area contributed by atoms with Crippen LogP contribution in [0, 0.1) is 17.6 Å². The molecule has 3 nitrogen and oxygen atoms in total. The Labute approximate surface area is 141 Å². The summed E-state index contributed by atoms with van der Waals surface area (Å²) in [5.74, 6) is -0.647. The molecule has 2 unspecified atom stereocenters. The van der Waals surface area contributed by atoms with Crippen LogP contribution in [0.15, 0.2) is 18.2 Å². The molecule has 1 amide bonds. The number of rotatable bonds is 5. The normalized spacial score (nSPS) is 25.7. The molecule has 0 aromatic heterocycles. The van der Waals surface area contributed by atoms with E-state index < -0.39 is 11.6 Å². The molecule has 2 aliphatic heterocycles. The summed E-state index contributed by atoms with van der Waals surface area (Å²) in [6, 6.07) is 4.64. The predicted molar refractivity (Wildman–Crippen MR) is 87.6 cm³/mol. The highest BCUT2D eigenvalue weighted by atomic mass is 35.5. The van der Waals surface area contributed by atoms with Crippen molar-refractivity contribution in [3.63, 3.8) is 0 Å². The van der Waals surface area contributed by atoms with Crippen molar-refractivity contribution in [1.29, 1.82) is 0 Å². The van der Waals surface area contributed by atoms with Gasteiger partial charge in [-0.2, -0.15) is 0 Å². The maximum atomic E-state index is 13.1. The van der Waals surface area contributed by atoms with Crippen LogP contribution in [0.2, 0.25) is 0 Å². The molecule has 2 fully saturated rings. The fraction of sp³-hybridized carbons (Fsp3) is 0.588. The van der Waals surface area contributed by atoms with Gasteiger partial charge in [0, 0.05) is 31.1 Å². The van der Waals surface area contributed by atoms with Gasteiger partial charge in [0.1, 0.15) is 11.6 Å². The number of hydrogen-bond donors (Lipinski definition) is 2. The fourth-order valence-corrected chi connectivity index (χ4v) is 3.78. The molecular formula is C17H23ClF2N2O. The summed E-state index contributed by atoms with van der Waals surface area (Å²) >= 11 is 0. The van der Waals surface area contributed by atoms with Gasteiger partial charge in [0.05, 0.1) is 0 Å². The van der Waals surface area contributed by atoms with Crippen LogP contribution in [0.25, 0.3) is 0 Å². The molecule has 2 aliphatic rings. The molecule has 1 aromatic rings. The van der Waals surface area contributed by atoms with Crippen molar-refractivity contribution in [1.82, 2.24) is 10.6 Å². The zero-order valence-electron chi connectivity index (χ0n) is 13.0. The van der Waals surface area contributed by atoms with Crippen molar-refractivity contribution in [2.45, 2.75) is 50.6 Å². The third-order valence-electron chi connectivity index (χ3n) is 4.70. The highest BCUT2D eigenvalue weighted by molar-refractivity contribution is 5.85. The summed E-state index contributed by atoms with van der Waals surface area (Å²) in [5, 5.41) is 6.43. The van der Waals surface area contributed by atoms with Crippen LogP contribution in [0.5, 0.6) is 0 Å². The van der Waals surface area contributed by atoms with Gasteiger partial charge in [0.15, 0.2) is 0 Å². The second-order valence-corrected chi connectivity index (χ2v) is 6.56. The molecule has 2 heterocycles. The first-order valence-corrected chi connectivity index (χ1v) is 8.06. The van der Waals surface area contributed by atoms with E-state index in [0.717, 1.165) is 18.9 Å². The monoisotopic (exact) mass is 344 g/mol. The second-order valence-electron chi connectivity index (χ2n) is 6.56. The second kappa shape index (κ2) is 8.06. The smallest absolute Gasteiger partial charge is 0.220 e. The molecule has 23 heavy (non-hydrogen) atoms. The quantitative estimate of drug-likeness (QED) is 0.862. The number of halogens is 3. The molecular weight excluding hydrogens is 322 g/mol. The van der Waals surface area contributed by atoms with E-state index in [1.54, 1.807) is 0 Å². The van der Waals surface area contributed by atoms with Crippen molar-refractivity contribution in [3.8, 4) is 0 Å². The average molecular weight is 345 g/mol. The molecule has 0 spiro atoms. The standard InChI is InChI=1S/C17H22F2N2O.ClH/c18-13-5-11(6-14(19)10-13)3-4-20-17(22)9-12-7-15-1-2-16(8-12)21-15;/h5-6,10,12,15-16,21H,1-4,7-9H2,(H,20,22);1H. The molecule has 2 bridgehead atoms. The highest BCUT2D eigenvalue weighted by Gasteiger charge is 2.33. The van der Waals surface area contributed by atoms with Crippen LogP contribution in [0.1, 0.15) is 37.7 Å². The largest absolute Gasteiger partial charge is 0.356 e. The number of fused-ring (bicyclic) bond motifs is 2. The summed E-state index contributed by atoms with van der Waals surface area (Å²) in [7, 11) is 0. The summed E-state index contributed by atoms with van der Waals surface area (Å²) in [4.78, 5) is 12.0. The Morgan fingerprint density at radius 1 is 1.13 bits per heavy atom. The third kappa shape index (κ3) is 5.15. The topological polar surface area (TPSA) is 41.1 Å². The lowest BCUT2D eigenvalue weighted by Gasteiger charge is -2.28. The average Bonchev–Trinajstić information content (AvgIpc) is 2.77. The molecule has 128 valence electrons. The summed E-state index contributed by atoms with van der Waals surface area (Å²) in [6.45, 7) is 0.416. The van der Waals surface area contributed by atoms with Crippen molar-refractivity contribution in [2.24, 2.45) is 5.92 Å². The van der Waals surface area contributed by atoms with Gasteiger partial charge in [0.2, 0.25) is 5.91 Å². The van der Waals surface area contributed by atoms with E-state index in [9.17, 15) is 13.6 Å². The molecule has 0 radical (unpaired) electrons. The van der Waals surface area contributed by atoms with Gasteiger partial charge < -0.3 is 10.6 Å². The Morgan fingerprint density at radius 3 is 2.35 bits per heavy atom. The van der Waals surface area contributed by atoms with Gasteiger partial charge in [-0.1, -0.05) is 0 Å². The Kier molecular flexibility index (Phi) is 6.36. The van der Waals surface area contributed by atoms with Crippen LogP contribution in [0.3, 0.4) is 0 Å². The first-order valence-electron chi connectivity index (χ1n) is 8.06. The summed E-state index contributed by atoms with van der Waals surface area (Å²) in [6.07, 6.45) is 5.63. The van der Waals surface area contributed by atoms with Gasteiger partial charge >= 0.3 is 0 Å². The Hall–Kier alpha value is -1.20. The molecule has 2 N–H and O–H groups in total. The number of carbonyl (C=O) groups is 1. The van der Waals surface area contributed by atoms with Crippen LogP contribution in [0.4, 0.5) is 8.78 Å². The van der Waals surface area contributed by atoms with Crippen molar-refractivity contribution in [3.05, 3.63) is 35.4 Å². The maximum absolute atomic E-state index is 13.1. The minimum Gasteiger partial charge on any atom is -0.356 e. The van der Waals surface area contributed by atoms with Gasteiger partial charge in [-0.25, -0.2) is 8.78 Å².